The third kappa shape index (κ3) is 4.87. The van der Waals surface area contributed by atoms with Gasteiger partial charge < -0.3 is 24.5 Å². The molecule has 2 aliphatic heterocycles. The molecule has 0 aromatic rings. The zero-order valence-electron chi connectivity index (χ0n) is 13.3. The average Bonchev–Trinajstić information content (AvgIpc) is 2.92. The van der Waals surface area contributed by atoms with Gasteiger partial charge in [-0.2, -0.15) is 0 Å². The van der Waals surface area contributed by atoms with Crippen LogP contribution in [0.4, 0.5) is 4.79 Å². The number of morpholine rings is 1. The molecule has 1 fully saturated rings. The van der Waals surface area contributed by atoms with E-state index in [2.05, 4.69) is 10.5 Å². The molecular formula is C14H23N3O5. The van der Waals surface area contributed by atoms with Gasteiger partial charge >= 0.3 is 6.09 Å². The van der Waals surface area contributed by atoms with E-state index in [0.29, 0.717) is 38.4 Å². The van der Waals surface area contributed by atoms with Crippen molar-refractivity contribution in [3.05, 3.63) is 0 Å². The van der Waals surface area contributed by atoms with E-state index in [4.69, 9.17) is 14.3 Å². The molecule has 0 aromatic carbocycles. The standard InChI is InChI=1S/C14H23N3O5/c1-14(2,3)21-13(19)15-9-10-8-11(16-22-10)12(18)17-4-6-20-7-5-17/h10H,4-9H2,1-3H3,(H,15,19)/t10-/m0/s1. The summed E-state index contributed by atoms with van der Waals surface area (Å²) >= 11 is 0. The van der Waals surface area contributed by atoms with Crippen molar-refractivity contribution in [3.63, 3.8) is 0 Å². The van der Waals surface area contributed by atoms with Crippen LogP contribution in [0.15, 0.2) is 5.16 Å². The summed E-state index contributed by atoms with van der Waals surface area (Å²) in [6.07, 6.45) is -0.469. The summed E-state index contributed by atoms with van der Waals surface area (Å²) in [5, 5.41) is 6.45. The molecule has 2 rings (SSSR count). The molecule has 2 amide bonds. The number of nitrogens with one attached hydrogen (secondary N) is 1. The Morgan fingerprint density at radius 1 is 1.36 bits per heavy atom. The van der Waals surface area contributed by atoms with Gasteiger partial charge in [-0.15, -0.1) is 0 Å². The summed E-state index contributed by atoms with van der Waals surface area (Å²) in [6.45, 7) is 7.85. The van der Waals surface area contributed by atoms with Crippen LogP contribution in [0.3, 0.4) is 0 Å². The van der Waals surface area contributed by atoms with E-state index in [1.54, 1.807) is 25.7 Å². The fourth-order valence-electron chi connectivity index (χ4n) is 2.12. The second-order valence-corrected chi connectivity index (χ2v) is 6.26. The molecule has 0 saturated carbocycles. The quantitative estimate of drug-likeness (QED) is 0.820. The summed E-state index contributed by atoms with van der Waals surface area (Å²) < 4.78 is 10.3. The highest BCUT2D eigenvalue weighted by Crippen LogP contribution is 2.13. The van der Waals surface area contributed by atoms with Crippen LogP contribution in [-0.4, -0.2) is 67.2 Å². The number of oxime groups is 1. The van der Waals surface area contributed by atoms with Gasteiger partial charge in [0.25, 0.3) is 5.91 Å². The van der Waals surface area contributed by atoms with Crippen molar-refractivity contribution in [1.29, 1.82) is 0 Å². The third-order valence-corrected chi connectivity index (χ3v) is 3.15. The Morgan fingerprint density at radius 2 is 2.05 bits per heavy atom. The zero-order valence-corrected chi connectivity index (χ0v) is 13.3. The lowest BCUT2D eigenvalue weighted by Crippen LogP contribution is -2.44. The molecule has 0 bridgehead atoms. The van der Waals surface area contributed by atoms with Crippen LogP contribution in [0.1, 0.15) is 27.2 Å². The molecular weight excluding hydrogens is 290 g/mol. The lowest BCUT2D eigenvalue weighted by Gasteiger charge is -2.26. The van der Waals surface area contributed by atoms with Crippen LogP contribution >= 0.6 is 0 Å². The van der Waals surface area contributed by atoms with Crippen LogP contribution in [0.2, 0.25) is 0 Å². The predicted octanol–water partition coefficient (Wildman–Crippen LogP) is 0.515. The van der Waals surface area contributed by atoms with Gasteiger partial charge in [-0.3, -0.25) is 4.79 Å². The molecule has 0 unspecified atom stereocenters. The van der Waals surface area contributed by atoms with E-state index in [9.17, 15) is 9.59 Å². The third-order valence-electron chi connectivity index (χ3n) is 3.15. The lowest BCUT2D eigenvalue weighted by molar-refractivity contribution is -0.128. The lowest BCUT2D eigenvalue weighted by atomic mass is 10.1. The maximum atomic E-state index is 12.2. The molecule has 1 atom stereocenters. The molecule has 0 spiro atoms. The molecule has 8 heteroatoms. The smallest absolute Gasteiger partial charge is 0.407 e. The number of alkyl carbamates (subject to hydrolysis) is 1. The largest absolute Gasteiger partial charge is 0.444 e. The number of rotatable bonds is 3. The normalized spacial score (nSPS) is 21.9. The van der Waals surface area contributed by atoms with Crippen LogP contribution in [0.25, 0.3) is 0 Å². The van der Waals surface area contributed by atoms with Gasteiger partial charge in [0.2, 0.25) is 0 Å². The number of hydrogen-bond donors (Lipinski definition) is 1. The summed E-state index contributed by atoms with van der Waals surface area (Å²) in [5.74, 6) is -0.122. The Labute approximate surface area is 129 Å². The van der Waals surface area contributed by atoms with Gasteiger partial charge in [0.1, 0.15) is 11.3 Å². The highest BCUT2D eigenvalue weighted by molar-refractivity contribution is 6.39. The van der Waals surface area contributed by atoms with E-state index in [-0.39, 0.29) is 18.6 Å². The number of amides is 2. The van der Waals surface area contributed by atoms with Crippen molar-refractivity contribution in [3.8, 4) is 0 Å². The molecule has 0 aromatic heterocycles. The van der Waals surface area contributed by atoms with Crippen molar-refractivity contribution >= 4 is 17.7 Å². The monoisotopic (exact) mass is 313 g/mol. The number of ether oxygens (including phenoxy) is 2. The zero-order chi connectivity index (χ0) is 16.2. The molecule has 124 valence electrons. The average molecular weight is 313 g/mol. The number of carbonyl (C=O) groups excluding carboxylic acids is 2. The van der Waals surface area contributed by atoms with Crippen molar-refractivity contribution < 1.29 is 23.9 Å². The molecule has 1 saturated heterocycles. The second kappa shape index (κ2) is 6.95. The minimum atomic E-state index is -0.547. The van der Waals surface area contributed by atoms with Gasteiger partial charge in [-0.05, 0) is 20.8 Å². The Morgan fingerprint density at radius 3 is 2.68 bits per heavy atom. The topological polar surface area (TPSA) is 89.5 Å². The molecule has 0 radical (unpaired) electrons. The van der Waals surface area contributed by atoms with E-state index in [1.807, 2.05) is 0 Å². The van der Waals surface area contributed by atoms with Crippen molar-refractivity contribution in [2.45, 2.75) is 38.9 Å². The maximum absolute atomic E-state index is 12.2. The van der Waals surface area contributed by atoms with Gasteiger partial charge in [-0.1, -0.05) is 5.16 Å². The first-order chi connectivity index (χ1) is 10.3. The first kappa shape index (κ1) is 16.5. The van der Waals surface area contributed by atoms with Gasteiger partial charge in [0, 0.05) is 19.5 Å². The molecule has 8 nitrogen and oxygen atoms in total. The summed E-state index contributed by atoms with van der Waals surface area (Å²) in [6, 6.07) is 0. The molecule has 22 heavy (non-hydrogen) atoms. The van der Waals surface area contributed by atoms with Crippen molar-refractivity contribution in [2.24, 2.45) is 5.16 Å². The van der Waals surface area contributed by atoms with Gasteiger partial charge in [0.15, 0.2) is 6.10 Å². The fourth-order valence-corrected chi connectivity index (χ4v) is 2.12. The first-order valence-electron chi connectivity index (χ1n) is 7.42. The van der Waals surface area contributed by atoms with Crippen LogP contribution in [-0.2, 0) is 19.1 Å². The predicted molar refractivity (Wildman–Crippen MR) is 78.6 cm³/mol. The molecule has 0 aliphatic carbocycles. The Bertz CT molecular complexity index is 452. The Kier molecular flexibility index (Phi) is 5.23. The van der Waals surface area contributed by atoms with Crippen LogP contribution in [0.5, 0.6) is 0 Å². The molecule has 2 aliphatic rings. The summed E-state index contributed by atoms with van der Waals surface area (Å²) in [7, 11) is 0. The van der Waals surface area contributed by atoms with Crippen molar-refractivity contribution in [1.82, 2.24) is 10.2 Å². The molecule has 2 heterocycles. The number of hydrogen-bond acceptors (Lipinski definition) is 6. The fraction of sp³-hybridized carbons (Fsp3) is 0.786. The highest BCUT2D eigenvalue weighted by atomic mass is 16.6. The Balaban J connectivity index is 1.72. The number of carbonyl (C=O) groups is 2. The minimum Gasteiger partial charge on any atom is -0.444 e. The Hall–Kier alpha value is -1.83. The molecule has 1 N–H and O–H groups in total. The highest BCUT2D eigenvalue weighted by Gasteiger charge is 2.30. The van der Waals surface area contributed by atoms with E-state index in [0.717, 1.165) is 0 Å². The second-order valence-electron chi connectivity index (χ2n) is 6.26. The summed E-state index contributed by atoms with van der Waals surface area (Å²) in [5.41, 5.74) is -0.160. The maximum Gasteiger partial charge on any atom is 0.407 e. The van der Waals surface area contributed by atoms with Gasteiger partial charge in [0.05, 0.1) is 19.8 Å². The number of nitrogens with zero attached hydrogens (tertiary/aromatic N) is 2. The van der Waals surface area contributed by atoms with Crippen LogP contribution < -0.4 is 5.32 Å². The SMILES string of the molecule is CC(C)(C)OC(=O)NC[C@@H]1CC(C(=O)N2CCOCC2)=NO1. The van der Waals surface area contributed by atoms with E-state index >= 15 is 0 Å². The van der Waals surface area contributed by atoms with Crippen LogP contribution in [0, 0.1) is 0 Å². The van der Waals surface area contributed by atoms with Gasteiger partial charge in [-0.25, -0.2) is 4.79 Å². The summed E-state index contributed by atoms with van der Waals surface area (Å²) in [4.78, 5) is 30.7. The minimum absolute atomic E-state index is 0.122. The first-order valence-corrected chi connectivity index (χ1v) is 7.42. The van der Waals surface area contributed by atoms with E-state index in [1.165, 1.54) is 0 Å². The van der Waals surface area contributed by atoms with E-state index < -0.39 is 11.7 Å². The van der Waals surface area contributed by atoms with Crippen molar-refractivity contribution in [2.75, 3.05) is 32.8 Å².